The lowest BCUT2D eigenvalue weighted by molar-refractivity contribution is -0.119. The molecule has 4 aliphatic rings. The Kier molecular flexibility index (Phi) is 5.28. The van der Waals surface area contributed by atoms with Crippen molar-refractivity contribution in [2.24, 2.45) is 28.7 Å². The summed E-state index contributed by atoms with van der Waals surface area (Å²) >= 11 is 1.73. The van der Waals surface area contributed by atoms with E-state index in [2.05, 4.69) is 17.1 Å². The zero-order chi connectivity index (χ0) is 20.9. The van der Waals surface area contributed by atoms with E-state index < -0.39 is 4.75 Å². The van der Waals surface area contributed by atoms with Crippen LogP contribution in [0.2, 0.25) is 0 Å². The number of hydrogen-bond donors (Lipinski definition) is 0. The first-order valence-corrected chi connectivity index (χ1v) is 12.2. The number of aryl methyl sites for hydroxylation is 1. The monoisotopic (exact) mass is 429 g/mol. The molecule has 2 amide bonds. The summed E-state index contributed by atoms with van der Waals surface area (Å²) in [6, 6.07) is 1.69. The van der Waals surface area contributed by atoms with Crippen LogP contribution in [0.15, 0.2) is 15.6 Å². The minimum atomic E-state index is -0.424. The molecule has 2 saturated carbocycles. The maximum atomic E-state index is 12.8. The Balaban J connectivity index is 1.13. The molecule has 2 bridgehead atoms. The number of carbonyl (C=O) groups is 2. The van der Waals surface area contributed by atoms with Gasteiger partial charge in [0.25, 0.3) is 11.8 Å². The molecule has 1 saturated heterocycles. The van der Waals surface area contributed by atoms with Crippen LogP contribution in [0.4, 0.5) is 0 Å². The summed E-state index contributed by atoms with van der Waals surface area (Å²) in [5.74, 6) is 3.66. The zero-order valence-corrected chi connectivity index (χ0v) is 18.7. The SMILES string of the molecule is Cc1cc(C(=O)N2CCC(CC3(C)SC(C[C@H]4C[C@@H]5CC[C@H]4C5)=NC3=O)CC2)no1. The molecule has 162 valence electrons. The summed E-state index contributed by atoms with van der Waals surface area (Å²) in [6.07, 6.45) is 9.24. The standard InChI is InChI=1S/C23H31N3O3S/c1-14-9-19(25-29-14)21(27)26-7-5-15(6-8-26)13-23(2)22(28)24-20(30-23)12-18-11-16-3-4-17(18)10-16/h9,15-18H,3-8,10-13H2,1-2H3/t16-,17+,18-,23?/m1/s1. The average Bonchev–Trinajstić information content (AvgIpc) is 3.48. The highest BCUT2D eigenvalue weighted by molar-refractivity contribution is 8.16. The summed E-state index contributed by atoms with van der Waals surface area (Å²) in [5, 5.41) is 4.93. The number of fused-ring (bicyclic) bond motifs is 2. The van der Waals surface area contributed by atoms with Crippen LogP contribution in [-0.4, -0.2) is 44.8 Å². The average molecular weight is 430 g/mol. The zero-order valence-electron chi connectivity index (χ0n) is 17.9. The number of thioether (sulfide) groups is 1. The fourth-order valence-electron chi connectivity index (χ4n) is 6.15. The summed E-state index contributed by atoms with van der Waals surface area (Å²) in [6.45, 7) is 5.29. The van der Waals surface area contributed by atoms with E-state index in [1.807, 2.05) is 4.90 Å². The normalized spacial score (nSPS) is 34.1. The second-order valence-corrected chi connectivity index (χ2v) is 11.6. The summed E-state index contributed by atoms with van der Waals surface area (Å²) < 4.78 is 4.61. The number of carbonyl (C=O) groups excluding carboxylic acids is 2. The van der Waals surface area contributed by atoms with Crippen molar-refractivity contribution in [3.05, 3.63) is 17.5 Å². The molecule has 2 aliphatic heterocycles. The van der Waals surface area contributed by atoms with Crippen molar-refractivity contribution < 1.29 is 14.1 Å². The van der Waals surface area contributed by atoms with Gasteiger partial charge in [0.2, 0.25) is 0 Å². The molecular weight excluding hydrogens is 398 g/mol. The van der Waals surface area contributed by atoms with Gasteiger partial charge < -0.3 is 9.42 Å². The van der Waals surface area contributed by atoms with Crippen LogP contribution < -0.4 is 0 Å². The summed E-state index contributed by atoms with van der Waals surface area (Å²) in [7, 11) is 0. The molecular formula is C23H31N3O3S. The second kappa shape index (κ2) is 7.81. The van der Waals surface area contributed by atoms with Crippen LogP contribution in [0.5, 0.6) is 0 Å². The lowest BCUT2D eigenvalue weighted by atomic mass is 9.86. The van der Waals surface area contributed by atoms with Crippen LogP contribution in [0.1, 0.15) is 74.5 Å². The van der Waals surface area contributed by atoms with Gasteiger partial charge in [-0.15, -0.1) is 0 Å². The van der Waals surface area contributed by atoms with E-state index in [0.717, 1.165) is 48.5 Å². The molecule has 0 spiro atoms. The van der Waals surface area contributed by atoms with Gasteiger partial charge in [-0.1, -0.05) is 23.3 Å². The molecule has 0 N–H and O–H groups in total. The first-order valence-electron chi connectivity index (χ1n) is 11.4. The van der Waals surface area contributed by atoms with E-state index in [9.17, 15) is 9.59 Å². The van der Waals surface area contributed by atoms with Crippen molar-refractivity contribution >= 4 is 28.6 Å². The highest BCUT2D eigenvalue weighted by Crippen LogP contribution is 2.51. The van der Waals surface area contributed by atoms with Crippen molar-refractivity contribution in [1.82, 2.24) is 10.1 Å². The van der Waals surface area contributed by atoms with Gasteiger partial charge in [0.05, 0.1) is 5.04 Å². The highest BCUT2D eigenvalue weighted by atomic mass is 32.2. The van der Waals surface area contributed by atoms with Crippen molar-refractivity contribution in [3.63, 3.8) is 0 Å². The second-order valence-electron chi connectivity index (χ2n) is 10.0. The first-order chi connectivity index (χ1) is 14.4. The third-order valence-electron chi connectivity index (χ3n) is 7.77. The van der Waals surface area contributed by atoms with Crippen molar-refractivity contribution in [3.8, 4) is 0 Å². The molecule has 5 rings (SSSR count). The molecule has 1 unspecified atom stereocenters. The number of aliphatic imine (C=N–C) groups is 1. The molecule has 2 aliphatic carbocycles. The predicted molar refractivity (Wildman–Crippen MR) is 116 cm³/mol. The highest BCUT2D eigenvalue weighted by Gasteiger charge is 2.46. The van der Waals surface area contributed by atoms with E-state index in [-0.39, 0.29) is 11.8 Å². The number of amides is 2. The first kappa shape index (κ1) is 20.3. The quantitative estimate of drug-likeness (QED) is 0.690. The number of aromatic nitrogens is 1. The molecule has 0 radical (unpaired) electrons. The Bertz CT molecular complexity index is 873. The van der Waals surface area contributed by atoms with Gasteiger partial charge in [0.1, 0.15) is 10.5 Å². The number of hydrogen-bond acceptors (Lipinski definition) is 5. The summed E-state index contributed by atoms with van der Waals surface area (Å²) in [5.41, 5.74) is 0.387. The lowest BCUT2D eigenvalue weighted by Crippen LogP contribution is -2.41. The van der Waals surface area contributed by atoms with E-state index >= 15 is 0 Å². The molecule has 3 heterocycles. The molecule has 0 aromatic carbocycles. The van der Waals surface area contributed by atoms with E-state index in [1.54, 1.807) is 24.8 Å². The van der Waals surface area contributed by atoms with Crippen LogP contribution in [-0.2, 0) is 4.79 Å². The molecule has 30 heavy (non-hydrogen) atoms. The topological polar surface area (TPSA) is 75.8 Å². The van der Waals surface area contributed by atoms with Gasteiger partial charge in [-0.2, -0.15) is 0 Å². The Morgan fingerprint density at radius 1 is 1.27 bits per heavy atom. The third-order valence-corrected chi connectivity index (χ3v) is 9.06. The Morgan fingerprint density at radius 3 is 2.70 bits per heavy atom. The van der Waals surface area contributed by atoms with Crippen LogP contribution in [0.25, 0.3) is 0 Å². The predicted octanol–water partition coefficient (Wildman–Crippen LogP) is 4.48. The number of rotatable bonds is 5. The summed E-state index contributed by atoms with van der Waals surface area (Å²) in [4.78, 5) is 31.7. The van der Waals surface area contributed by atoms with Gasteiger partial charge in [-0.05, 0) is 82.5 Å². The van der Waals surface area contributed by atoms with Gasteiger partial charge in [-0.3, -0.25) is 9.59 Å². The van der Waals surface area contributed by atoms with E-state index in [0.29, 0.717) is 30.5 Å². The minimum Gasteiger partial charge on any atom is -0.361 e. The molecule has 7 heteroatoms. The van der Waals surface area contributed by atoms with Gasteiger partial charge in [0.15, 0.2) is 5.69 Å². The molecule has 1 aromatic heterocycles. The van der Waals surface area contributed by atoms with E-state index in [1.165, 1.54) is 25.7 Å². The fraction of sp³-hybridized carbons (Fsp3) is 0.739. The van der Waals surface area contributed by atoms with Crippen molar-refractivity contribution in [1.29, 1.82) is 0 Å². The minimum absolute atomic E-state index is 0.0562. The Hall–Kier alpha value is -1.63. The van der Waals surface area contributed by atoms with E-state index in [4.69, 9.17) is 4.52 Å². The van der Waals surface area contributed by atoms with Crippen molar-refractivity contribution in [2.45, 2.75) is 70.0 Å². The number of piperidine rings is 1. The number of nitrogens with zero attached hydrogens (tertiary/aromatic N) is 3. The fourth-order valence-corrected chi connectivity index (χ4v) is 7.54. The Labute approximate surface area is 182 Å². The molecule has 3 fully saturated rings. The van der Waals surface area contributed by atoms with Gasteiger partial charge >= 0.3 is 0 Å². The number of likely N-dealkylation sites (tertiary alicyclic amines) is 1. The largest absolute Gasteiger partial charge is 0.361 e. The van der Waals surface area contributed by atoms with Crippen molar-refractivity contribution in [2.75, 3.05) is 13.1 Å². The van der Waals surface area contributed by atoms with Gasteiger partial charge in [-0.25, -0.2) is 4.99 Å². The van der Waals surface area contributed by atoms with Crippen LogP contribution >= 0.6 is 11.8 Å². The molecule has 6 nitrogen and oxygen atoms in total. The lowest BCUT2D eigenvalue weighted by Gasteiger charge is -2.34. The van der Waals surface area contributed by atoms with Crippen LogP contribution in [0, 0.1) is 30.6 Å². The van der Waals surface area contributed by atoms with Crippen LogP contribution in [0.3, 0.4) is 0 Å². The smallest absolute Gasteiger partial charge is 0.276 e. The Morgan fingerprint density at radius 2 is 2.07 bits per heavy atom. The maximum absolute atomic E-state index is 12.8. The third kappa shape index (κ3) is 3.85. The maximum Gasteiger partial charge on any atom is 0.276 e. The molecule has 1 aromatic rings. The molecule has 4 atom stereocenters. The van der Waals surface area contributed by atoms with Gasteiger partial charge in [0, 0.05) is 19.2 Å².